The molecule has 1 fully saturated rings. The number of halogens is 1. The molecule has 9 heteroatoms. The molecule has 148 valence electrons. The number of nitrogens with zero attached hydrogens (tertiary/aromatic N) is 5. The predicted molar refractivity (Wildman–Crippen MR) is 112 cm³/mol. The first kappa shape index (κ1) is 19.3. The Hall–Kier alpha value is -3.07. The molecule has 0 spiro atoms. The average molecular weight is 455 g/mol. The van der Waals surface area contributed by atoms with E-state index in [4.69, 9.17) is 0 Å². The van der Waals surface area contributed by atoms with Gasteiger partial charge in [-0.25, -0.2) is 0 Å². The van der Waals surface area contributed by atoms with Crippen LogP contribution in [0.4, 0.5) is 11.4 Å². The molecule has 2 aromatic carbocycles. The maximum atomic E-state index is 12.9. The summed E-state index contributed by atoms with van der Waals surface area (Å²) in [4.78, 5) is 27.3. The van der Waals surface area contributed by atoms with Crippen LogP contribution in [0.3, 0.4) is 0 Å². The Morgan fingerprint density at radius 1 is 1.17 bits per heavy atom. The number of carbonyl (C=O) groups is 2. The molecule has 1 N–H and O–H groups in total. The molecule has 3 aromatic rings. The zero-order valence-corrected chi connectivity index (χ0v) is 17.5. The van der Waals surface area contributed by atoms with Crippen molar-refractivity contribution >= 4 is 39.1 Å². The summed E-state index contributed by atoms with van der Waals surface area (Å²) in [7, 11) is 0. The summed E-state index contributed by atoms with van der Waals surface area (Å²) in [5.41, 5.74) is 3.12. The van der Waals surface area contributed by atoms with E-state index in [1.165, 1.54) is 0 Å². The largest absolute Gasteiger partial charge is 0.325 e. The Kier molecular flexibility index (Phi) is 5.14. The van der Waals surface area contributed by atoms with E-state index in [-0.39, 0.29) is 11.8 Å². The standard InChI is InChI=1S/C20H19BrN6O2/c1-12-7-8-14(11-18(12)27-13(2)23-24-25-27)22-19(28)15-9-10-26(20(15)29)17-6-4-3-5-16(17)21/h3-8,11,15H,9-10H2,1-2H3,(H,22,28). The number of anilines is 2. The highest BCUT2D eigenvalue weighted by Crippen LogP contribution is 2.32. The third kappa shape index (κ3) is 3.65. The quantitative estimate of drug-likeness (QED) is 0.611. The number of benzene rings is 2. The lowest BCUT2D eigenvalue weighted by Gasteiger charge is -2.18. The minimum atomic E-state index is -0.721. The van der Waals surface area contributed by atoms with E-state index in [9.17, 15) is 9.59 Å². The smallest absolute Gasteiger partial charge is 0.239 e. The van der Waals surface area contributed by atoms with Crippen molar-refractivity contribution in [2.75, 3.05) is 16.8 Å². The van der Waals surface area contributed by atoms with E-state index in [1.807, 2.05) is 43.3 Å². The van der Waals surface area contributed by atoms with Crippen LogP contribution < -0.4 is 10.2 Å². The van der Waals surface area contributed by atoms with Gasteiger partial charge >= 0.3 is 0 Å². The van der Waals surface area contributed by atoms with Gasteiger partial charge in [0, 0.05) is 16.7 Å². The maximum Gasteiger partial charge on any atom is 0.239 e. The number of tetrazole rings is 1. The summed E-state index contributed by atoms with van der Waals surface area (Å²) in [6.07, 6.45) is 0.469. The van der Waals surface area contributed by atoms with Crippen molar-refractivity contribution in [3.8, 4) is 5.69 Å². The van der Waals surface area contributed by atoms with Crippen molar-refractivity contribution in [3.05, 3.63) is 58.3 Å². The molecule has 1 atom stereocenters. The lowest BCUT2D eigenvalue weighted by molar-refractivity contribution is -0.129. The number of amides is 2. The summed E-state index contributed by atoms with van der Waals surface area (Å²) in [6, 6.07) is 13.0. The number of para-hydroxylation sites is 1. The van der Waals surface area contributed by atoms with Crippen molar-refractivity contribution in [3.63, 3.8) is 0 Å². The molecule has 0 bridgehead atoms. The summed E-state index contributed by atoms with van der Waals surface area (Å²) in [5, 5.41) is 14.4. The fourth-order valence-electron chi connectivity index (χ4n) is 3.43. The lowest BCUT2D eigenvalue weighted by Crippen LogP contribution is -2.33. The molecule has 8 nitrogen and oxygen atoms in total. The van der Waals surface area contributed by atoms with Crippen LogP contribution in [0.5, 0.6) is 0 Å². The molecule has 2 amide bonds. The van der Waals surface area contributed by atoms with E-state index in [1.54, 1.807) is 22.6 Å². The molecule has 1 aromatic heterocycles. The van der Waals surface area contributed by atoms with E-state index < -0.39 is 5.92 Å². The molecule has 1 aliphatic heterocycles. The molecular weight excluding hydrogens is 436 g/mol. The monoisotopic (exact) mass is 454 g/mol. The average Bonchev–Trinajstić information content (AvgIpc) is 3.29. The first-order chi connectivity index (χ1) is 14.0. The number of nitrogens with one attached hydrogen (secondary N) is 1. The minimum Gasteiger partial charge on any atom is -0.325 e. The van der Waals surface area contributed by atoms with Crippen molar-refractivity contribution in [2.24, 2.45) is 5.92 Å². The Balaban J connectivity index is 1.53. The van der Waals surface area contributed by atoms with Gasteiger partial charge in [-0.1, -0.05) is 18.2 Å². The Morgan fingerprint density at radius 3 is 2.69 bits per heavy atom. The first-order valence-corrected chi connectivity index (χ1v) is 9.98. The van der Waals surface area contributed by atoms with Crippen LogP contribution in [0.1, 0.15) is 17.8 Å². The van der Waals surface area contributed by atoms with E-state index in [0.29, 0.717) is 24.5 Å². The molecule has 0 aliphatic carbocycles. The zero-order valence-electron chi connectivity index (χ0n) is 16.0. The van der Waals surface area contributed by atoms with Gasteiger partial charge in [-0.15, -0.1) is 5.10 Å². The van der Waals surface area contributed by atoms with E-state index >= 15 is 0 Å². The molecule has 1 saturated heterocycles. The van der Waals surface area contributed by atoms with E-state index in [0.717, 1.165) is 21.4 Å². The topological polar surface area (TPSA) is 93.0 Å². The molecule has 0 radical (unpaired) electrons. The number of rotatable bonds is 4. The van der Waals surface area contributed by atoms with E-state index in [2.05, 4.69) is 36.8 Å². The fourth-order valence-corrected chi connectivity index (χ4v) is 3.93. The van der Waals surface area contributed by atoms with Crippen molar-refractivity contribution in [1.29, 1.82) is 0 Å². The van der Waals surface area contributed by atoms with Gasteiger partial charge in [0.25, 0.3) is 0 Å². The second-order valence-corrected chi connectivity index (χ2v) is 7.77. The van der Waals surface area contributed by atoms with Crippen molar-refractivity contribution in [1.82, 2.24) is 20.2 Å². The predicted octanol–water partition coefficient (Wildman–Crippen LogP) is 3.03. The SMILES string of the molecule is Cc1ccc(NC(=O)C2CCN(c3ccccc3Br)C2=O)cc1-n1nnnc1C. The summed E-state index contributed by atoms with van der Waals surface area (Å²) < 4.78 is 2.44. The molecule has 29 heavy (non-hydrogen) atoms. The van der Waals surface area contributed by atoms with Gasteiger partial charge in [-0.2, -0.15) is 4.68 Å². The van der Waals surface area contributed by atoms with Crippen LogP contribution in [0.25, 0.3) is 5.69 Å². The van der Waals surface area contributed by atoms with Gasteiger partial charge in [0.1, 0.15) is 5.92 Å². The third-order valence-electron chi connectivity index (χ3n) is 5.00. The molecule has 1 unspecified atom stereocenters. The number of hydrogen-bond acceptors (Lipinski definition) is 5. The minimum absolute atomic E-state index is 0.196. The second-order valence-electron chi connectivity index (χ2n) is 6.91. The van der Waals surface area contributed by atoms with Crippen molar-refractivity contribution in [2.45, 2.75) is 20.3 Å². The molecular formula is C20H19BrN6O2. The third-order valence-corrected chi connectivity index (χ3v) is 5.67. The highest BCUT2D eigenvalue weighted by atomic mass is 79.9. The second kappa shape index (κ2) is 7.75. The maximum absolute atomic E-state index is 12.9. The highest BCUT2D eigenvalue weighted by molar-refractivity contribution is 9.10. The Morgan fingerprint density at radius 2 is 1.97 bits per heavy atom. The van der Waals surface area contributed by atoms with Gasteiger partial charge in [0.2, 0.25) is 11.8 Å². The van der Waals surface area contributed by atoms with Crippen LogP contribution in [0.2, 0.25) is 0 Å². The van der Waals surface area contributed by atoms with Crippen LogP contribution >= 0.6 is 15.9 Å². The van der Waals surface area contributed by atoms with Gasteiger partial charge in [-0.05, 0) is 76.5 Å². The summed E-state index contributed by atoms with van der Waals surface area (Å²) in [6.45, 7) is 4.25. The first-order valence-electron chi connectivity index (χ1n) is 9.18. The van der Waals surface area contributed by atoms with Crippen LogP contribution in [-0.4, -0.2) is 38.6 Å². The van der Waals surface area contributed by atoms with Gasteiger partial charge < -0.3 is 10.2 Å². The summed E-state index contributed by atoms with van der Waals surface area (Å²) in [5.74, 6) is -0.584. The number of aryl methyl sites for hydroxylation is 2. The Bertz CT molecular complexity index is 1100. The number of carbonyl (C=O) groups excluding carboxylic acids is 2. The zero-order chi connectivity index (χ0) is 20.5. The molecule has 4 rings (SSSR count). The van der Waals surface area contributed by atoms with Crippen LogP contribution in [-0.2, 0) is 9.59 Å². The van der Waals surface area contributed by atoms with Crippen LogP contribution in [0, 0.1) is 19.8 Å². The Labute approximate surface area is 176 Å². The van der Waals surface area contributed by atoms with Crippen molar-refractivity contribution < 1.29 is 9.59 Å². The molecule has 1 aliphatic rings. The fraction of sp³-hybridized carbons (Fsp3) is 0.250. The van der Waals surface area contributed by atoms with Gasteiger partial charge in [-0.3, -0.25) is 9.59 Å². The van der Waals surface area contributed by atoms with Crippen LogP contribution in [0.15, 0.2) is 46.9 Å². The highest BCUT2D eigenvalue weighted by Gasteiger charge is 2.38. The number of aromatic nitrogens is 4. The lowest BCUT2D eigenvalue weighted by atomic mass is 10.1. The summed E-state index contributed by atoms with van der Waals surface area (Å²) >= 11 is 3.47. The van der Waals surface area contributed by atoms with Gasteiger partial charge in [0.05, 0.1) is 11.4 Å². The number of hydrogen-bond donors (Lipinski definition) is 1. The molecule has 0 saturated carbocycles. The normalized spacial score (nSPS) is 16.3. The van der Waals surface area contributed by atoms with Gasteiger partial charge in [0.15, 0.2) is 5.82 Å². The molecule has 2 heterocycles.